The Hall–Kier alpha value is -1.82. The predicted octanol–water partition coefficient (Wildman–Crippen LogP) is 1.89. The van der Waals surface area contributed by atoms with Crippen LogP contribution in [0.4, 0.5) is 0 Å². The molecule has 2 aliphatic rings. The van der Waals surface area contributed by atoms with Gasteiger partial charge in [-0.25, -0.2) is 0 Å². The molecule has 3 heterocycles. The van der Waals surface area contributed by atoms with Gasteiger partial charge in [0.05, 0.1) is 5.56 Å². The van der Waals surface area contributed by atoms with Crippen molar-refractivity contribution in [2.45, 2.75) is 32.6 Å². The first kappa shape index (κ1) is 17.0. The van der Waals surface area contributed by atoms with Gasteiger partial charge in [-0.3, -0.25) is 14.4 Å². The van der Waals surface area contributed by atoms with E-state index >= 15 is 0 Å². The lowest BCUT2D eigenvalue weighted by atomic mass is 9.73. The summed E-state index contributed by atoms with van der Waals surface area (Å²) in [5.74, 6) is 0.0890. The molecule has 0 aromatic carbocycles. The molecular formula is C17H22ClN3O3. The molecule has 6 nitrogen and oxygen atoms in total. The summed E-state index contributed by atoms with van der Waals surface area (Å²) >= 11 is 5.83. The molecule has 1 aromatic heterocycles. The van der Waals surface area contributed by atoms with Gasteiger partial charge >= 0.3 is 0 Å². The topological polar surface area (TPSA) is 73.5 Å². The zero-order valence-electron chi connectivity index (χ0n) is 13.8. The monoisotopic (exact) mass is 351 g/mol. The van der Waals surface area contributed by atoms with Crippen LogP contribution in [-0.4, -0.2) is 52.8 Å². The van der Waals surface area contributed by atoms with Gasteiger partial charge in [-0.1, -0.05) is 11.6 Å². The minimum atomic E-state index is -0.396. The molecule has 1 N–H and O–H groups in total. The van der Waals surface area contributed by atoms with Gasteiger partial charge in [0, 0.05) is 44.2 Å². The van der Waals surface area contributed by atoms with Crippen LogP contribution in [0.2, 0.25) is 5.02 Å². The highest BCUT2D eigenvalue weighted by atomic mass is 35.5. The van der Waals surface area contributed by atoms with Crippen LogP contribution in [-0.2, 0) is 4.79 Å². The highest BCUT2D eigenvalue weighted by Gasteiger charge is 2.42. The third kappa shape index (κ3) is 3.20. The highest BCUT2D eigenvalue weighted by Crippen LogP contribution is 2.39. The number of nitrogens with one attached hydrogen (secondary N) is 1. The lowest BCUT2D eigenvalue weighted by Gasteiger charge is -2.48. The Kier molecular flexibility index (Phi) is 4.67. The summed E-state index contributed by atoms with van der Waals surface area (Å²) in [5, 5.41) is 0.0213. The maximum Gasteiger partial charge on any atom is 0.266 e. The van der Waals surface area contributed by atoms with Crippen LogP contribution in [0, 0.1) is 5.41 Å². The van der Waals surface area contributed by atoms with Gasteiger partial charge in [0.15, 0.2) is 0 Å². The summed E-state index contributed by atoms with van der Waals surface area (Å²) in [5.41, 5.74) is -0.00678. The standard InChI is InChI=1S/C17H22ClN3O3/c1-2-20-10-17(6-4-14(20)22)5-3-7-21(11-17)16(24)12-8-13(18)15(23)19-9-12/h8-9H,2-7,10-11H2,1H3,(H,19,23). The maximum atomic E-state index is 12.8. The molecule has 1 atom stereocenters. The molecule has 1 spiro atoms. The van der Waals surface area contributed by atoms with Crippen LogP contribution in [0.1, 0.15) is 43.0 Å². The number of H-pyrrole nitrogens is 1. The zero-order valence-corrected chi connectivity index (χ0v) is 14.6. The predicted molar refractivity (Wildman–Crippen MR) is 91.1 cm³/mol. The van der Waals surface area contributed by atoms with Crippen molar-refractivity contribution in [3.63, 3.8) is 0 Å². The van der Waals surface area contributed by atoms with Gasteiger partial charge in [-0.2, -0.15) is 0 Å². The summed E-state index contributed by atoms with van der Waals surface area (Å²) in [6.45, 7) is 4.76. The molecular weight excluding hydrogens is 330 g/mol. The van der Waals surface area contributed by atoms with E-state index in [0.29, 0.717) is 31.6 Å². The van der Waals surface area contributed by atoms with Crippen molar-refractivity contribution in [2.75, 3.05) is 26.2 Å². The van der Waals surface area contributed by atoms with Crippen molar-refractivity contribution in [3.8, 4) is 0 Å². The number of piperidine rings is 2. The lowest BCUT2D eigenvalue weighted by Crippen LogP contribution is -2.55. The number of rotatable bonds is 2. The molecule has 7 heteroatoms. The third-order valence-electron chi connectivity index (χ3n) is 5.18. The van der Waals surface area contributed by atoms with Gasteiger partial charge in [-0.05, 0) is 32.3 Å². The summed E-state index contributed by atoms with van der Waals surface area (Å²) in [4.78, 5) is 42.3. The molecule has 1 aromatic rings. The van der Waals surface area contributed by atoms with E-state index in [1.54, 1.807) is 0 Å². The highest BCUT2D eigenvalue weighted by molar-refractivity contribution is 6.30. The average molecular weight is 352 g/mol. The number of pyridine rings is 1. The molecule has 3 rings (SSSR count). The largest absolute Gasteiger partial charge is 0.342 e. The van der Waals surface area contributed by atoms with Crippen LogP contribution in [0.3, 0.4) is 0 Å². The second-order valence-electron chi connectivity index (χ2n) is 6.80. The molecule has 2 saturated heterocycles. The van der Waals surface area contributed by atoms with E-state index in [1.165, 1.54) is 12.3 Å². The van der Waals surface area contributed by atoms with Crippen molar-refractivity contribution < 1.29 is 9.59 Å². The molecule has 2 aliphatic heterocycles. The molecule has 0 radical (unpaired) electrons. The molecule has 0 aliphatic carbocycles. The van der Waals surface area contributed by atoms with Crippen LogP contribution >= 0.6 is 11.6 Å². The second kappa shape index (κ2) is 6.59. The Labute approximate surface area is 145 Å². The van der Waals surface area contributed by atoms with Gasteiger partial charge in [0.1, 0.15) is 5.02 Å². The summed E-state index contributed by atoms with van der Waals surface area (Å²) in [7, 11) is 0. The minimum absolute atomic E-state index is 0.0101. The van der Waals surface area contributed by atoms with Crippen molar-refractivity contribution in [2.24, 2.45) is 5.41 Å². The number of likely N-dealkylation sites (tertiary alicyclic amines) is 2. The third-order valence-corrected chi connectivity index (χ3v) is 5.46. The average Bonchev–Trinajstić information content (AvgIpc) is 2.59. The van der Waals surface area contributed by atoms with Crippen LogP contribution in [0.15, 0.2) is 17.1 Å². The normalized spacial score (nSPS) is 24.5. The number of nitrogens with zero attached hydrogens (tertiary/aromatic N) is 2. The second-order valence-corrected chi connectivity index (χ2v) is 7.21. The van der Waals surface area contributed by atoms with Crippen molar-refractivity contribution in [3.05, 3.63) is 33.2 Å². The molecule has 0 bridgehead atoms. The van der Waals surface area contributed by atoms with Crippen molar-refractivity contribution in [1.82, 2.24) is 14.8 Å². The SMILES string of the molecule is CCN1CC2(CCCN(C(=O)c3c[nH]c(=O)c(Cl)c3)C2)CCC1=O. The number of halogens is 1. The fourth-order valence-electron chi connectivity index (χ4n) is 3.87. The van der Waals surface area contributed by atoms with Crippen LogP contribution in [0.5, 0.6) is 0 Å². The number of carbonyl (C=O) groups is 2. The van der Waals surface area contributed by atoms with Gasteiger partial charge in [-0.15, -0.1) is 0 Å². The number of amides is 2. The number of hydrogen-bond acceptors (Lipinski definition) is 3. The smallest absolute Gasteiger partial charge is 0.266 e. The Balaban J connectivity index is 1.77. The minimum Gasteiger partial charge on any atom is -0.342 e. The van der Waals surface area contributed by atoms with Crippen LogP contribution in [0.25, 0.3) is 0 Å². The van der Waals surface area contributed by atoms with E-state index in [9.17, 15) is 14.4 Å². The van der Waals surface area contributed by atoms with Crippen molar-refractivity contribution in [1.29, 1.82) is 0 Å². The molecule has 130 valence electrons. The lowest BCUT2D eigenvalue weighted by molar-refractivity contribution is -0.138. The Bertz CT molecular complexity index is 717. The summed E-state index contributed by atoms with van der Waals surface area (Å²) in [6.07, 6.45) is 4.76. The maximum absolute atomic E-state index is 12.8. The van der Waals surface area contributed by atoms with Gasteiger partial charge in [0.25, 0.3) is 11.5 Å². The Morgan fingerprint density at radius 2 is 2.12 bits per heavy atom. The molecule has 2 fully saturated rings. The van der Waals surface area contributed by atoms with E-state index in [4.69, 9.17) is 11.6 Å². The zero-order chi connectivity index (χ0) is 17.3. The first-order chi connectivity index (χ1) is 11.4. The molecule has 24 heavy (non-hydrogen) atoms. The van der Waals surface area contributed by atoms with E-state index < -0.39 is 5.56 Å². The quantitative estimate of drug-likeness (QED) is 0.884. The molecule has 1 unspecified atom stereocenters. The van der Waals surface area contributed by atoms with E-state index in [-0.39, 0.29) is 22.3 Å². The van der Waals surface area contributed by atoms with Crippen molar-refractivity contribution >= 4 is 23.4 Å². The van der Waals surface area contributed by atoms with E-state index in [1.807, 2.05) is 16.7 Å². The fraction of sp³-hybridized carbons (Fsp3) is 0.588. The first-order valence-electron chi connectivity index (χ1n) is 8.39. The van der Waals surface area contributed by atoms with Crippen LogP contribution < -0.4 is 5.56 Å². The van der Waals surface area contributed by atoms with E-state index in [2.05, 4.69) is 4.98 Å². The molecule has 2 amide bonds. The number of aromatic amines is 1. The van der Waals surface area contributed by atoms with Gasteiger partial charge in [0.2, 0.25) is 5.91 Å². The van der Waals surface area contributed by atoms with Gasteiger partial charge < -0.3 is 14.8 Å². The summed E-state index contributed by atoms with van der Waals surface area (Å²) in [6, 6.07) is 1.42. The number of carbonyl (C=O) groups excluding carboxylic acids is 2. The first-order valence-corrected chi connectivity index (χ1v) is 8.77. The summed E-state index contributed by atoms with van der Waals surface area (Å²) < 4.78 is 0. The van der Waals surface area contributed by atoms with E-state index in [0.717, 1.165) is 25.8 Å². The molecule has 0 saturated carbocycles. The Morgan fingerprint density at radius 1 is 1.33 bits per heavy atom. The number of hydrogen-bond donors (Lipinski definition) is 1. The number of aromatic nitrogens is 1. The fourth-order valence-corrected chi connectivity index (χ4v) is 4.04. The Morgan fingerprint density at radius 3 is 2.83 bits per heavy atom.